The molecule has 18 heavy (non-hydrogen) atoms. The molecule has 104 valence electrons. The van der Waals surface area contributed by atoms with Gasteiger partial charge in [-0.05, 0) is 12.3 Å². The molecule has 0 spiro atoms. The molecule has 1 fully saturated rings. The number of likely N-dealkylation sites (N-methyl/N-ethyl adjacent to an activating group) is 1. The van der Waals surface area contributed by atoms with E-state index in [1.807, 2.05) is 0 Å². The second-order valence-corrected chi connectivity index (χ2v) is 5.09. The zero-order chi connectivity index (χ0) is 13.4. The van der Waals surface area contributed by atoms with Crippen LogP contribution in [0.3, 0.4) is 0 Å². The predicted molar refractivity (Wildman–Crippen MR) is 70.9 cm³/mol. The lowest BCUT2D eigenvalue weighted by Gasteiger charge is -2.24. The molecular weight excluding hydrogens is 230 g/mol. The molecular formula is C13H25N3O2. The van der Waals surface area contributed by atoms with Gasteiger partial charge in [0.15, 0.2) is 0 Å². The van der Waals surface area contributed by atoms with E-state index in [9.17, 15) is 9.59 Å². The number of nitrogens with one attached hydrogen (secondary N) is 1. The molecule has 1 rings (SSSR count). The van der Waals surface area contributed by atoms with E-state index in [4.69, 9.17) is 5.73 Å². The van der Waals surface area contributed by atoms with E-state index < -0.39 is 0 Å². The topological polar surface area (TPSA) is 75.4 Å². The quantitative estimate of drug-likeness (QED) is 0.725. The zero-order valence-corrected chi connectivity index (χ0v) is 11.3. The molecule has 0 aromatic heterocycles. The van der Waals surface area contributed by atoms with Crippen LogP contribution < -0.4 is 11.1 Å². The van der Waals surface area contributed by atoms with Crippen LogP contribution >= 0.6 is 0 Å². The Hall–Kier alpha value is -1.10. The third-order valence-corrected chi connectivity index (χ3v) is 3.65. The average molecular weight is 255 g/mol. The lowest BCUT2D eigenvalue weighted by atomic mass is 9.87. The molecule has 1 aliphatic carbocycles. The van der Waals surface area contributed by atoms with Gasteiger partial charge < -0.3 is 16.0 Å². The van der Waals surface area contributed by atoms with Crippen molar-refractivity contribution in [1.82, 2.24) is 10.2 Å². The van der Waals surface area contributed by atoms with Crippen LogP contribution in [-0.2, 0) is 9.59 Å². The monoisotopic (exact) mass is 255 g/mol. The summed E-state index contributed by atoms with van der Waals surface area (Å²) in [6.07, 6.45) is 7.69. The highest BCUT2D eigenvalue weighted by molar-refractivity contribution is 5.85. The van der Waals surface area contributed by atoms with Gasteiger partial charge in [0.1, 0.15) is 0 Å². The van der Waals surface area contributed by atoms with E-state index >= 15 is 0 Å². The molecule has 3 N–H and O–H groups in total. The van der Waals surface area contributed by atoms with E-state index in [2.05, 4.69) is 5.32 Å². The standard InChI is InChI=1S/C13H25N3O2/c1-16(13(18)10-15-12(17)9-14)8-7-11-5-3-2-4-6-11/h11H,2-10,14H2,1H3,(H,15,17). The van der Waals surface area contributed by atoms with E-state index in [1.54, 1.807) is 11.9 Å². The maximum absolute atomic E-state index is 11.7. The molecule has 0 saturated heterocycles. The average Bonchev–Trinajstić information content (AvgIpc) is 2.42. The van der Waals surface area contributed by atoms with Crippen LogP contribution in [0.5, 0.6) is 0 Å². The summed E-state index contributed by atoms with van der Waals surface area (Å²) in [7, 11) is 1.79. The summed E-state index contributed by atoms with van der Waals surface area (Å²) in [4.78, 5) is 24.3. The van der Waals surface area contributed by atoms with E-state index in [0.717, 1.165) is 18.9 Å². The number of nitrogens with zero attached hydrogens (tertiary/aromatic N) is 1. The van der Waals surface area contributed by atoms with Crippen LogP contribution in [0.4, 0.5) is 0 Å². The molecule has 0 heterocycles. The van der Waals surface area contributed by atoms with E-state index in [0.29, 0.717) is 0 Å². The third-order valence-electron chi connectivity index (χ3n) is 3.65. The molecule has 0 radical (unpaired) electrons. The van der Waals surface area contributed by atoms with Crippen molar-refractivity contribution in [2.45, 2.75) is 38.5 Å². The summed E-state index contributed by atoms with van der Waals surface area (Å²) in [6, 6.07) is 0. The Bertz CT molecular complexity index is 275. The Morgan fingerprint density at radius 3 is 2.56 bits per heavy atom. The minimum Gasteiger partial charge on any atom is -0.346 e. The summed E-state index contributed by atoms with van der Waals surface area (Å²) < 4.78 is 0. The SMILES string of the molecule is CN(CCC1CCCCC1)C(=O)CNC(=O)CN. The molecule has 5 heteroatoms. The molecule has 0 bridgehead atoms. The van der Waals surface area contributed by atoms with Crippen LogP contribution in [0.15, 0.2) is 0 Å². The zero-order valence-electron chi connectivity index (χ0n) is 11.3. The summed E-state index contributed by atoms with van der Waals surface area (Å²) in [5.74, 6) is 0.435. The number of amides is 2. The maximum Gasteiger partial charge on any atom is 0.241 e. The van der Waals surface area contributed by atoms with Gasteiger partial charge in [0.05, 0.1) is 13.1 Å². The number of nitrogens with two attached hydrogens (primary N) is 1. The number of hydrogen-bond acceptors (Lipinski definition) is 3. The van der Waals surface area contributed by atoms with Crippen molar-refractivity contribution in [2.24, 2.45) is 11.7 Å². The normalized spacial score (nSPS) is 16.3. The highest BCUT2D eigenvalue weighted by Gasteiger charge is 2.16. The molecule has 0 unspecified atom stereocenters. The first-order valence-electron chi connectivity index (χ1n) is 6.84. The summed E-state index contributed by atoms with van der Waals surface area (Å²) in [5, 5.41) is 2.50. The molecule has 0 atom stereocenters. The maximum atomic E-state index is 11.7. The van der Waals surface area contributed by atoms with Gasteiger partial charge in [-0.25, -0.2) is 0 Å². The summed E-state index contributed by atoms with van der Waals surface area (Å²) in [6.45, 7) is 0.762. The number of rotatable bonds is 6. The van der Waals surface area contributed by atoms with Crippen molar-refractivity contribution in [1.29, 1.82) is 0 Å². The third kappa shape index (κ3) is 5.49. The number of carbonyl (C=O) groups is 2. The molecule has 0 aromatic rings. The summed E-state index contributed by atoms with van der Waals surface area (Å²) in [5.41, 5.74) is 5.15. The molecule has 0 aliphatic heterocycles. The molecule has 1 aliphatic rings. The Kier molecular flexibility index (Phi) is 6.72. The fraction of sp³-hybridized carbons (Fsp3) is 0.846. The van der Waals surface area contributed by atoms with E-state index in [-0.39, 0.29) is 24.9 Å². The smallest absolute Gasteiger partial charge is 0.241 e. The van der Waals surface area contributed by atoms with E-state index in [1.165, 1.54) is 32.1 Å². The molecule has 1 saturated carbocycles. The first-order chi connectivity index (χ1) is 8.63. The second-order valence-electron chi connectivity index (χ2n) is 5.09. The van der Waals surface area contributed by atoms with Gasteiger partial charge in [0.25, 0.3) is 0 Å². The first-order valence-corrected chi connectivity index (χ1v) is 6.84. The summed E-state index contributed by atoms with van der Waals surface area (Å²) >= 11 is 0. The van der Waals surface area contributed by atoms with Crippen LogP contribution in [0.1, 0.15) is 38.5 Å². The van der Waals surface area contributed by atoms with Crippen molar-refractivity contribution < 1.29 is 9.59 Å². The molecule has 5 nitrogen and oxygen atoms in total. The van der Waals surface area contributed by atoms with Gasteiger partial charge in [0, 0.05) is 13.6 Å². The fourth-order valence-electron chi connectivity index (χ4n) is 2.36. The number of carbonyl (C=O) groups excluding carboxylic acids is 2. The van der Waals surface area contributed by atoms with Gasteiger partial charge in [-0.3, -0.25) is 9.59 Å². The highest BCUT2D eigenvalue weighted by atomic mass is 16.2. The molecule has 0 aromatic carbocycles. The fourth-order valence-corrected chi connectivity index (χ4v) is 2.36. The van der Waals surface area contributed by atoms with Crippen molar-refractivity contribution in [3.63, 3.8) is 0 Å². The van der Waals surface area contributed by atoms with Crippen molar-refractivity contribution in [3.8, 4) is 0 Å². The van der Waals surface area contributed by atoms with Crippen LogP contribution in [0.25, 0.3) is 0 Å². The Balaban J connectivity index is 2.16. The number of hydrogen-bond donors (Lipinski definition) is 2. The Labute approximate surface area is 109 Å². The predicted octanol–water partition coefficient (Wildman–Crippen LogP) is 0.490. The van der Waals surface area contributed by atoms with Gasteiger partial charge in [0.2, 0.25) is 11.8 Å². The van der Waals surface area contributed by atoms with Crippen molar-refractivity contribution in [3.05, 3.63) is 0 Å². The second kappa shape index (κ2) is 8.08. The van der Waals surface area contributed by atoms with Gasteiger partial charge in [-0.1, -0.05) is 32.1 Å². The van der Waals surface area contributed by atoms with Crippen molar-refractivity contribution >= 4 is 11.8 Å². The largest absolute Gasteiger partial charge is 0.346 e. The lowest BCUT2D eigenvalue weighted by molar-refractivity contribution is -0.131. The lowest BCUT2D eigenvalue weighted by Crippen LogP contribution is -2.40. The van der Waals surface area contributed by atoms with Crippen LogP contribution in [0.2, 0.25) is 0 Å². The minimum absolute atomic E-state index is 0.0485. The minimum atomic E-state index is -0.288. The highest BCUT2D eigenvalue weighted by Crippen LogP contribution is 2.26. The van der Waals surface area contributed by atoms with Crippen molar-refractivity contribution in [2.75, 3.05) is 26.7 Å². The Morgan fingerprint density at radius 1 is 1.28 bits per heavy atom. The van der Waals surface area contributed by atoms with Gasteiger partial charge in [-0.2, -0.15) is 0 Å². The van der Waals surface area contributed by atoms with Crippen LogP contribution in [0, 0.1) is 5.92 Å². The van der Waals surface area contributed by atoms with Gasteiger partial charge >= 0.3 is 0 Å². The Morgan fingerprint density at radius 2 is 1.94 bits per heavy atom. The molecule has 2 amide bonds. The van der Waals surface area contributed by atoms with Gasteiger partial charge in [-0.15, -0.1) is 0 Å². The first kappa shape index (κ1) is 15.0. The van der Waals surface area contributed by atoms with Crippen LogP contribution in [-0.4, -0.2) is 43.4 Å².